The van der Waals surface area contributed by atoms with Crippen LogP contribution in [-0.2, 0) is 9.53 Å². The molecule has 0 saturated heterocycles. The third-order valence-electron chi connectivity index (χ3n) is 6.20. The molecule has 210 valence electrons. The van der Waals surface area contributed by atoms with Gasteiger partial charge in [0.15, 0.2) is 17.4 Å². The number of aromatic nitrogens is 3. The zero-order valence-corrected chi connectivity index (χ0v) is 24.2. The summed E-state index contributed by atoms with van der Waals surface area (Å²) in [7, 11) is 0. The highest BCUT2D eigenvalue weighted by atomic mass is 35.5. The molecule has 11 heteroatoms. The molecule has 0 radical (unpaired) electrons. The number of halogens is 1. The Morgan fingerprint density at radius 2 is 1.97 bits per heavy atom. The van der Waals surface area contributed by atoms with Crippen molar-refractivity contribution in [1.29, 1.82) is 0 Å². The van der Waals surface area contributed by atoms with Gasteiger partial charge in [-0.15, -0.1) is 0 Å². The Morgan fingerprint density at radius 3 is 2.62 bits per heavy atom. The number of carbonyl (C=O) groups excluding carboxylic acids is 1. The van der Waals surface area contributed by atoms with Crippen LogP contribution in [0.2, 0.25) is 5.02 Å². The first-order valence-electron chi connectivity index (χ1n) is 12.9. The van der Waals surface area contributed by atoms with Crippen molar-refractivity contribution in [3.8, 4) is 17.0 Å². The van der Waals surface area contributed by atoms with Crippen LogP contribution in [0.15, 0.2) is 18.2 Å². The van der Waals surface area contributed by atoms with Gasteiger partial charge in [0, 0.05) is 36.0 Å². The van der Waals surface area contributed by atoms with Gasteiger partial charge in [0.1, 0.15) is 12.4 Å². The molecule has 0 bridgehead atoms. The second-order valence-corrected chi connectivity index (χ2v) is 12.2. The number of aryl methyl sites for hydroxylation is 1. The van der Waals surface area contributed by atoms with E-state index >= 15 is 0 Å². The molecule has 1 aliphatic heterocycles. The fourth-order valence-electron chi connectivity index (χ4n) is 4.41. The van der Waals surface area contributed by atoms with E-state index in [0.717, 1.165) is 6.42 Å². The van der Waals surface area contributed by atoms with Crippen LogP contribution in [0.1, 0.15) is 75.8 Å². The number of benzene rings is 1. The number of nitrogens with one attached hydrogen (secondary N) is 2. The van der Waals surface area contributed by atoms with E-state index in [2.05, 4.69) is 41.5 Å². The summed E-state index contributed by atoms with van der Waals surface area (Å²) in [5.74, 6) is -0.931. The minimum Gasteiger partial charge on any atom is -0.490 e. The molecule has 0 fully saturated rings. The second-order valence-electron chi connectivity index (χ2n) is 11.8. The number of hydrogen-bond donors (Lipinski definition) is 3. The molecule has 0 saturated carbocycles. The first-order valence-corrected chi connectivity index (χ1v) is 13.3. The normalized spacial score (nSPS) is 14.4. The molecule has 4 rings (SSSR count). The summed E-state index contributed by atoms with van der Waals surface area (Å²) in [6.45, 7) is 14.9. The number of nitrogens with zero attached hydrogens (tertiary/aromatic N) is 3. The van der Waals surface area contributed by atoms with Gasteiger partial charge in [-0.05, 0) is 51.7 Å². The maximum atomic E-state index is 13.0. The van der Waals surface area contributed by atoms with Gasteiger partial charge in [0.25, 0.3) is 5.91 Å². The molecule has 1 aromatic carbocycles. The number of ether oxygens (including phenoxy) is 2. The number of amides is 1. The van der Waals surface area contributed by atoms with E-state index in [1.807, 2.05) is 0 Å². The SMILES string of the molecule is Cc1nc2cc(C(=O)NCCC(C)(C)C)nn2c(-c2ccc3c(c2Cl)NCCO3)c1[C@H](OC(C)(C)C)C(=O)O. The molecule has 1 atom stereocenters. The zero-order chi connectivity index (χ0) is 28.7. The second kappa shape index (κ2) is 10.7. The number of rotatable bonds is 7. The van der Waals surface area contributed by atoms with E-state index < -0.39 is 17.7 Å². The van der Waals surface area contributed by atoms with Crippen LogP contribution in [-0.4, -0.2) is 56.9 Å². The highest BCUT2D eigenvalue weighted by Crippen LogP contribution is 2.44. The lowest BCUT2D eigenvalue weighted by Gasteiger charge is -2.28. The van der Waals surface area contributed by atoms with Gasteiger partial charge in [-0.25, -0.2) is 14.3 Å². The Kier molecular flexibility index (Phi) is 7.82. The molecular weight excluding hydrogens is 522 g/mol. The van der Waals surface area contributed by atoms with Crippen molar-refractivity contribution >= 4 is 34.8 Å². The summed E-state index contributed by atoms with van der Waals surface area (Å²) in [4.78, 5) is 30.2. The number of carboxylic acid groups (broad SMARTS) is 1. The van der Waals surface area contributed by atoms with Gasteiger partial charge in [-0.2, -0.15) is 5.10 Å². The Hall–Kier alpha value is -3.37. The van der Waals surface area contributed by atoms with Crippen LogP contribution in [0.25, 0.3) is 16.9 Å². The maximum Gasteiger partial charge on any atom is 0.337 e. The van der Waals surface area contributed by atoms with Crippen molar-refractivity contribution < 1.29 is 24.2 Å². The summed E-state index contributed by atoms with van der Waals surface area (Å²) in [6.07, 6.45) is -0.579. The van der Waals surface area contributed by atoms with Crippen LogP contribution < -0.4 is 15.4 Å². The Labute approximate surface area is 233 Å². The fraction of sp³-hybridized carbons (Fsp3) is 0.500. The van der Waals surface area contributed by atoms with Crippen molar-refractivity contribution in [2.75, 3.05) is 25.0 Å². The number of aliphatic carboxylic acids is 1. The molecule has 10 nitrogen and oxygen atoms in total. The smallest absolute Gasteiger partial charge is 0.337 e. The van der Waals surface area contributed by atoms with E-state index in [9.17, 15) is 14.7 Å². The topological polar surface area (TPSA) is 127 Å². The first-order chi connectivity index (χ1) is 18.2. The van der Waals surface area contributed by atoms with Crippen molar-refractivity contribution in [3.63, 3.8) is 0 Å². The van der Waals surface area contributed by atoms with Gasteiger partial charge in [0.05, 0.1) is 22.0 Å². The molecule has 0 unspecified atom stereocenters. The van der Waals surface area contributed by atoms with Gasteiger partial charge in [-0.1, -0.05) is 32.4 Å². The monoisotopic (exact) mass is 557 g/mol. The van der Waals surface area contributed by atoms with Gasteiger partial charge in [0.2, 0.25) is 0 Å². The summed E-state index contributed by atoms with van der Waals surface area (Å²) < 4.78 is 13.2. The van der Waals surface area contributed by atoms with Crippen LogP contribution in [0.5, 0.6) is 5.75 Å². The minimum atomic E-state index is -1.37. The Balaban J connectivity index is 1.93. The molecule has 0 aliphatic carbocycles. The van der Waals surface area contributed by atoms with Crippen LogP contribution in [0.4, 0.5) is 5.69 Å². The molecule has 1 aliphatic rings. The molecule has 0 spiro atoms. The number of carboxylic acids is 1. The standard InChI is InChI=1S/C28H36ClN5O5/c1-15-20(24(26(36)37)39-28(5,6)7)23(16-8-9-18-22(21(16)29)30-12-13-38-18)34-19(32-15)14-17(33-34)25(35)31-11-10-27(2,3)4/h8-9,14,24,30H,10-13H2,1-7H3,(H,31,35)(H,36,37)/t24-/m0/s1. The van der Waals surface area contributed by atoms with Crippen molar-refractivity contribution in [1.82, 2.24) is 19.9 Å². The number of fused-ring (bicyclic) bond motifs is 2. The third kappa shape index (κ3) is 6.28. The average Bonchev–Trinajstić information content (AvgIpc) is 3.25. The summed E-state index contributed by atoms with van der Waals surface area (Å²) in [6, 6.07) is 5.12. The molecule has 1 amide bonds. The molecule has 3 aromatic rings. The average molecular weight is 558 g/mol. The predicted octanol–water partition coefficient (Wildman–Crippen LogP) is 5.27. The summed E-state index contributed by atoms with van der Waals surface area (Å²) >= 11 is 6.91. The number of carbonyl (C=O) groups is 2. The van der Waals surface area contributed by atoms with Gasteiger partial charge >= 0.3 is 5.97 Å². The van der Waals surface area contributed by atoms with Gasteiger partial charge in [-0.3, -0.25) is 4.79 Å². The molecule has 3 heterocycles. The lowest BCUT2D eigenvalue weighted by Crippen LogP contribution is -2.29. The van der Waals surface area contributed by atoms with E-state index in [-0.39, 0.29) is 17.0 Å². The first kappa shape index (κ1) is 28.6. The summed E-state index contributed by atoms with van der Waals surface area (Å²) in [5.41, 5.74) is 2.03. The van der Waals surface area contributed by atoms with Crippen molar-refractivity contribution in [2.24, 2.45) is 5.41 Å². The Morgan fingerprint density at radius 1 is 1.26 bits per heavy atom. The predicted molar refractivity (Wildman–Crippen MR) is 150 cm³/mol. The quantitative estimate of drug-likeness (QED) is 0.358. The van der Waals surface area contributed by atoms with E-state index in [1.54, 1.807) is 45.9 Å². The Bertz CT molecular complexity index is 1420. The largest absolute Gasteiger partial charge is 0.490 e. The highest BCUT2D eigenvalue weighted by molar-refractivity contribution is 6.36. The van der Waals surface area contributed by atoms with Crippen LogP contribution >= 0.6 is 11.6 Å². The highest BCUT2D eigenvalue weighted by Gasteiger charge is 2.34. The van der Waals surface area contributed by atoms with Crippen LogP contribution in [0, 0.1) is 12.3 Å². The van der Waals surface area contributed by atoms with Crippen molar-refractivity contribution in [3.05, 3.63) is 40.2 Å². The van der Waals surface area contributed by atoms with Crippen LogP contribution in [0.3, 0.4) is 0 Å². The number of hydrogen-bond acceptors (Lipinski definition) is 7. The lowest BCUT2D eigenvalue weighted by molar-refractivity contribution is -0.160. The molecule has 39 heavy (non-hydrogen) atoms. The number of anilines is 1. The lowest BCUT2D eigenvalue weighted by atomic mass is 9.92. The summed E-state index contributed by atoms with van der Waals surface area (Å²) in [5, 5.41) is 21.4. The van der Waals surface area contributed by atoms with Gasteiger partial charge < -0.3 is 25.2 Å². The van der Waals surface area contributed by atoms with E-state index in [4.69, 9.17) is 21.1 Å². The molecule has 3 N–H and O–H groups in total. The minimum absolute atomic E-state index is 0.0623. The van der Waals surface area contributed by atoms with Crippen molar-refractivity contribution in [2.45, 2.75) is 66.6 Å². The van der Waals surface area contributed by atoms with E-state index in [0.29, 0.717) is 64.3 Å². The third-order valence-corrected chi connectivity index (χ3v) is 6.59. The molecule has 2 aromatic heterocycles. The molecular formula is C28H36ClN5O5. The zero-order valence-electron chi connectivity index (χ0n) is 23.4. The fourth-order valence-corrected chi connectivity index (χ4v) is 4.72. The maximum absolute atomic E-state index is 13.0. The van der Waals surface area contributed by atoms with E-state index in [1.165, 1.54) is 4.52 Å².